The first-order valence-corrected chi connectivity index (χ1v) is 8.15. The fourth-order valence-electron chi connectivity index (χ4n) is 2.57. The molecule has 0 aliphatic heterocycles. The largest absolute Gasteiger partial charge is 0.395 e. The lowest BCUT2D eigenvalue weighted by molar-refractivity contribution is 0.311. The first kappa shape index (κ1) is 16.9. The van der Waals surface area contributed by atoms with Gasteiger partial charge in [0.25, 0.3) is 0 Å². The Morgan fingerprint density at radius 1 is 1.00 bits per heavy atom. The Morgan fingerprint density at radius 2 is 1.72 bits per heavy atom. The highest BCUT2D eigenvalue weighted by Crippen LogP contribution is 2.26. The van der Waals surface area contributed by atoms with E-state index in [1.165, 1.54) is 0 Å². The number of rotatable bonds is 6. The number of hydrogen-bond donors (Lipinski definition) is 3. The first-order chi connectivity index (χ1) is 12.2. The number of hydrogen-bond acceptors (Lipinski definition) is 6. The molecule has 2 heterocycles. The van der Waals surface area contributed by atoms with Gasteiger partial charge in [-0.3, -0.25) is 4.98 Å². The minimum atomic E-state index is 0.0164. The number of aliphatic hydroxyl groups is 1. The molecule has 0 amide bonds. The summed E-state index contributed by atoms with van der Waals surface area (Å²) in [5.41, 5.74) is 5.07. The van der Waals surface area contributed by atoms with Crippen molar-refractivity contribution in [3.05, 3.63) is 59.9 Å². The number of pyridine rings is 1. The molecule has 0 unspecified atom stereocenters. The van der Waals surface area contributed by atoms with Crippen LogP contribution in [0.1, 0.15) is 11.1 Å². The third kappa shape index (κ3) is 4.10. The van der Waals surface area contributed by atoms with Crippen molar-refractivity contribution in [1.29, 1.82) is 0 Å². The van der Waals surface area contributed by atoms with E-state index in [-0.39, 0.29) is 6.61 Å². The van der Waals surface area contributed by atoms with Gasteiger partial charge < -0.3 is 15.7 Å². The lowest BCUT2D eigenvalue weighted by atomic mass is 10.1. The van der Waals surface area contributed by atoms with Gasteiger partial charge in [-0.1, -0.05) is 18.2 Å². The minimum absolute atomic E-state index is 0.0164. The topological polar surface area (TPSA) is 83.0 Å². The first-order valence-electron chi connectivity index (χ1n) is 8.15. The Bertz CT molecular complexity index is 831. The summed E-state index contributed by atoms with van der Waals surface area (Å²) in [5.74, 6) is 1.16. The highest BCUT2D eigenvalue weighted by molar-refractivity contribution is 5.69. The molecule has 0 saturated carbocycles. The summed E-state index contributed by atoms with van der Waals surface area (Å²) in [5, 5.41) is 15.5. The van der Waals surface area contributed by atoms with E-state index in [0.29, 0.717) is 18.3 Å². The van der Waals surface area contributed by atoms with Crippen molar-refractivity contribution in [1.82, 2.24) is 15.0 Å². The van der Waals surface area contributed by atoms with Gasteiger partial charge in [-0.05, 0) is 37.1 Å². The zero-order chi connectivity index (χ0) is 17.6. The standard InChI is InChI=1S/C19H21N5O/c1-13-4-3-5-14(2)18(13)23-17-12-16(15-6-8-20-9-7-15)22-19(24-17)21-10-11-25/h3-9,12,25H,10-11H2,1-2H3,(H2,21,22,23,24). The van der Waals surface area contributed by atoms with Crippen molar-refractivity contribution in [2.45, 2.75) is 13.8 Å². The number of aromatic nitrogens is 3. The monoisotopic (exact) mass is 335 g/mol. The zero-order valence-corrected chi connectivity index (χ0v) is 14.3. The molecule has 0 atom stereocenters. The predicted octanol–water partition coefficient (Wildman–Crippen LogP) is 3.30. The van der Waals surface area contributed by atoms with Crippen LogP contribution in [0.15, 0.2) is 48.8 Å². The summed E-state index contributed by atoms with van der Waals surface area (Å²) in [6.07, 6.45) is 3.47. The molecular weight excluding hydrogens is 314 g/mol. The molecule has 2 aromatic heterocycles. The average Bonchev–Trinajstić information content (AvgIpc) is 2.64. The molecule has 0 fully saturated rings. The van der Waals surface area contributed by atoms with Crippen LogP contribution < -0.4 is 10.6 Å². The fourth-order valence-corrected chi connectivity index (χ4v) is 2.57. The molecule has 0 spiro atoms. The second-order valence-corrected chi connectivity index (χ2v) is 5.74. The van der Waals surface area contributed by atoms with Gasteiger partial charge in [-0.15, -0.1) is 0 Å². The number of para-hydroxylation sites is 1. The molecule has 0 bridgehead atoms. The van der Waals surface area contributed by atoms with E-state index in [0.717, 1.165) is 28.1 Å². The van der Waals surface area contributed by atoms with Crippen LogP contribution in [0.4, 0.5) is 17.5 Å². The maximum Gasteiger partial charge on any atom is 0.225 e. The van der Waals surface area contributed by atoms with Crippen molar-refractivity contribution in [3.8, 4) is 11.3 Å². The van der Waals surface area contributed by atoms with Crippen molar-refractivity contribution < 1.29 is 5.11 Å². The van der Waals surface area contributed by atoms with Gasteiger partial charge in [0.05, 0.1) is 12.3 Å². The normalized spacial score (nSPS) is 10.5. The van der Waals surface area contributed by atoms with Crippen molar-refractivity contribution in [2.24, 2.45) is 0 Å². The number of aliphatic hydroxyl groups excluding tert-OH is 1. The highest BCUT2D eigenvalue weighted by atomic mass is 16.3. The number of anilines is 3. The molecule has 0 radical (unpaired) electrons. The van der Waals surface area contributed by atoms with Crippen LogP contribution in [0.3, 0.4) is 0 Å². The van der Waals surface area contributed by atoms with Crippen LogP contribution in [0.5, 0.6) is 0 Å². The van der Waals surface area contributed by atoms with E-state index in [9.17, 15) is 0 Å². The summed E-state index contributed by atoms with van der Waals surface area (Å²) in [6.45, 7) is 4.53. The van der Waals surface area contributed by atoms with E-state index < -0.39 is 0 Å². The van der Waals surface area contributed by atoms with Gasteiger partial charge >= 0.3 is 0 Å². The molecule has 3 N–H and O–H groups in total. The van der Waals surface area contributed by atoms with E-state index in [1.807, 2.05) is 24.3 Å². The minimum Gasteiger partial charge on any atom is -0.395 e. The Morgan fingerprint density at radius 3 is 2.40 bits per heavy atom. The van der Waals surface area contributed by atoms with Crippen molar-refractivity contribution in [2.75, 3.05) is 23.8 Å². The van der Waals surface area contributed by atoms with E-state index >= 15 is 0 Å². The van der Waals surface area contributed by atoms with Crippen LogP contribution in [0.25, 0.3) is 11.3 Å². The van der Waals surface area contributed by atoms with Crippen molar-refractivity contribution in [3.63, 3.8) is 0 Å². The molecular formula is C19H21N5O. The quantitative estimate of drug-likeness (QED) is 0.641. The Labute approximate surface area is 147 Å². The molecule has 25 heavy (non-hydrogen) atoms. The summed E-state index contributed by atoms with van der Waals surface area (Å²) in [6, 6.07) is 11.9. The molecule has 1 aromatic carbocycles. The molecule has 6 heteroatoms. The fraction of sp³-hybridized carbons (Fsp3) is 0.211. The SMILES string of the molecule is Cc1cccc(C)c1Nc1cc(-c2ccncc2)nc(NCCO)n1. The molecule has 3 aromatic rings. The Kier molecular flexibility index (Phi) is 5.20. The number of nitrogens with one attached hydrogen (secondary N) is 2. The number of aryl methyl sites for hydroxylation is 2. The lowest BCUT2D eigenvalue weighted by Gasteiger charge is -2.14. The smallest absolute Gasteiger partial charge is 0.225 e. The van der Waals surface area contributed by atoms with E-state index in [1.54, 1.807) is 12.4 Å². The van der Waals surface area contributed by atoms with Crippen LogP contribution in [-0.4, -0.2) is 33.2 Å². The van der Waals surface area contributed by atoms with E-state index in [4.69, 9.17) is 5.11 Å². The second kappa shape index (κ2) is 7.72. The molecule has 6 nitrogen and oxygen atoms in total. The van der Waals surface area contributed by atoms with Crippen LogP contribution in [0, 0.1) is 13.8 Å². The molecule has 0 aliphatic rings. The molecule has 0 saturated heterocycles. The summed E-state index contributed by atoms with van der Waals surface area (Å²) in [7, 11) is 0. The molecule has 128 valence electrons. The summed E-state index contributed by atoms with van der Waals surface area (Å²) >= 11 is 0. The van der Waals surface area contributed by atoms with Gasteiger partial charge in [-0.25, -0.2) is 4.98 Å². The van der Waals surface area contributed by atoms with Gasteiger partial charge in [0, 0.05) is 36.3 Å². The van der Waals surface area contributed by atoms with Crippen molar-refractivity contribution >= 4 is 17.5 Å². The number of nitrogens with zero attached hydrogens (tertiary/aromatic N) is 3. The number of benzene rings is 1. The van der Waals surface area contributed by atoms with Crippen LogP contribution in [-0.2, 0) is 0 Å². The van der Waals surface area contributed by atoms with Gasteiger partial charge in [0.1, 0.15) is 5.82 Å². The lowest BCUT2D eigenvalue weighted by Crippen LogP contribution is -2.10. The van der Waals surface area contributed by atoms with E-state index in [2.05, 4.69) is 51.6 Å². The van der Waals surface area contributed by atoms with Crippen LogP contribution in [0.2, 0.25) is 0 Å². The maximum absolute atomic E-state index is 9.05. The van der Waals surface area contributed by atoms with Gasteiger partial charge in [-0.2, -0.15) is 4.98 Å². The molecule has 0 aliphatic carbocycles. The maximum atomic E-state index is 9.05. The average molecular weight is 335 g/mol. The zero-order valence-electron chi connectivity index (χ0n) is 14.3. The summed E-state index contributed by atoms with van der Waals surface area (Å²) in [4.78, 5) is 13.1. The third-order valence-corrected chi connectivity index (χ3v) is 3.83. The Balaban J connectivity index is 2.00. The highest BCUT2D eigenvalue weighted by Gasteiger charge is 2.09. The summed E-state index contributed by atoms with van der Waals surface area (Å²) < 4.78 is 0. The van der Waals surface area contributed by atoms with Crippen LogP contribution >= 0.6 is 0 Å². The predicted molar refractivity (Wildman–Crippen MR) is 100 cm³/mol. The third-order valence-electron chi connectivity index (χ3n) is 3.83. The van der Waals surface area contributed by atoms with Gasteiger partial charge in [0.2, 0.25) is 5.95 Å². The second-order valence-electron chi connectivity index (χ2n) is 5.74. The van der Waals surface area contributed by atoms with Gasteiger partial charge in [0.15, 0.2) is 0 Å². The Hall–Kier alpha value is -2.99. The molecule has 3 rings (SSSR count).